The highest BCUT2D eigenvalue weighted by atomic mass is 32.2. The minimum absolute atomic E-state index is 0.0283. The monoisotopic (exact) mass is 530 g/mol. The summed E-state index contributed by atoms with van der Waals surface area (Å²) in [7, 11) is 5.80. The number of likely N-dealkylation sites (N-methyl/N-ethyl adjacent to an activating group) is 1. The number of esters is 3. The Kier molecular flexibility index (Phi) is 12.6. The fraction of sp³-hybridized carbons (Fsp3) is 0.652. The van der Waals surface area contributed by atoms with Crippen molar-refractivity contribution in [2.24, 2.45) is 5.41 Å². The van der Waals surface area contributed by atoms with Gasteiger partial charge in [-0.25, -0.2) is 9.59 Å². The van der Waals surface area contributed by atoms with Crippen LogP contribution in [0.1, 0.15) is 26.7 Å². The Balaban J connectivity index is 2.89. The lowest BCUT2D eigenvalue weighted by Gasteiger charge is -2.32. The van der Waals surface area contributed by atoms with Gasteiger partial charge in [0.05, 0.1) is 21.1 Å². The van der Waals surface area contributed by atoms with Crippen molar-refractivity contribution < 1.29 is 47.5 Å². The van der Waals surface area contributed by atoms with Gasteiger partial charge in [-0.1, -0.05) is 25.6 Å². The summed E-state index contributed by atoms with van der Waals surface area (Å²) in [6, 6.07) is 0. The van der Waals surface area contributed by atoms with Gasteiger partial charge in [-0.2, -0.15) is 0 Å². The molecule has 0 bridgehead atoms. The van der Waals surface area contributed by atoms with Gasteiger partial charge in [0.25, 0.3) is 5.91 Å². The molecule has 1 aliphatic heterocycles. The molecule has 0 unspecified atom stereocenters. The zero-order valence-corrected chi connectivity index (χ0v) is 22.2. The Bertz CT molecular complexity index is 865. The van der Waals surface area contributed by atoms with Gasteiger partial charge < -0.3 is 29.3 Å². The van der Waals surface area contributed by atoms with Crippen LogP contribution < -0.4 is 10.6 Å². The van der Waals surface area contributed by atoms with Crippen molar-refractivity contribution >= 4 is 46.6 Å². The quantitative estimate of drug-likeness (QED) is 0.152. The van der Waals surface area contributed by atoms with E-state index in [1.807, 2.05) is 21.1 Å². The highest BCUT2D eigenvalue weighted by molar-refractivity contribution is 8.13. The first-order chi connectivity index (χ1) is 16.7. The van der Waals surface area contributed by atoms with Crippen molar-refractivity contribution in [3.05, 3.63) is 12.2 Å². The minimum Gasteiger partial charge on any atom is -0.465 e. The second-order valence-electron chi connectivity index (χ2n) is 9.77. The van der Waals surface area contributed by atoms with Crippen LogP contribution in [0.4, 0.5) is 0 Å². The maximum absolute atomic E-state index is 12.8. The first-order valence-corrected chi connectivity index (χ1v) is 12.4. The molecule has 0 aromatic heterocycles. The number of nitrogens with one attached hydrogen (secondary N) is 2. The molecule has 0 saturated carbocycles. The number of amides is 2. The van der Waals surface area contributed by atoms with E-state index in [0.29, 0.717) is 16.8 Å². The molecule has 202 valence electrons. The molecule has 13 heteroatoms. The van der Waals surface area contributed by atoms with Gasteiger partial charge in [0.15, 0.2) is 11.2 Å². The van der Waals surface area contributed by atoms with Crippen LogP contribution in [-0.4, -0.2) is 105 Å². The van der Waals surface area contributed by atoms with Gasteiger partial charge in [0.2, 0.25) is 5.91 Å². The summed E-state index contributed by atoms with van der Waals surface area (Å²) in [5, 5.41) is 4.72. The molecule has 0 aromatic rings. The molecule has 0 aliphatic carbocycles. The third kappa shape index (κ3) is 13.2. The van der Waals surface area contributed by atoms with Crippen molar-refractivity contribution in [2.45, 2.75) is 32.8 Å². The van der Waals surface area contributed by atoms with Crippen LogP contribution in [0, 0.1) is 5.41 Å². The molecule has 2 N–H and O–H groups in total. The highest BCUT2D eigenvalue weighted by Crippen LogP contribution is 2.25. The Morgan fingerprint density at radius 2 is 1.75 bits per heavy atom. The molecule has 1 fully saturated rings. The van der Waals surface area contributed by atoms with Crippen LogP contribution in [-0.2, 0) is 43.0 Å². The Morgan fingerprint density at radius 1 is 1.08 bits per heavy atom. The maximum Gasteiger partial charge on any atom is 0.331 e. The third-order valence-corrected chi connectivity index (χ3v) is 5.65. The molecular weight excluding hydrogens is 494 g/mol. The summed E-state index contributed by atoms with van der Waals surface area (Å²) < 4.78 is 16.1. The average Bonchev–Trinajstić information content (AvgIpc) is 2.76. The molecule has 36 heavy (non-hydrogen) atoms. The van der Waals surface area contributed by atoms with Gasteiger partial charge in [0, 0.05) is 42.8 Å². The molecule has 12 nitrogen and oxygen atoms in total. The van der Waals surface area contributed by atoms with Crippen molar-refractivity contribution in [3.8, 4) is 0 Å². The zero-order valence-electron chi connectivity index (χ0n) is 21.4. The summed E-state index contributed by atoms with van der Waals surface area (Å²) in [6.45, 7) is 3.65. The van der Waals surface area contributed by atoms with E-state index in [-0.39, 0.29) is 38.6 Å². The van der Waals surface area contributed by atoms with Crippen molar-refractivity contribution in [1.29, 1.82) is 0 Å². The lowest BCUT2D eigenvalue weighted by Crippen LogP contribution is -2.49. The van der Waals surface area contributed by atoms with Gasteiger partial charge >= 0.3 is 17.9 Å². The number of rotatable bonds is 6. The Labute approximate surface area is 215 Å². The van der Waals surface area contributed by atoms with E-state index in [4.69, 9.17) is 14.2 Å². The number of carbonyl (C=O) groups is 6. The number of quaternary nitrogens is 1. The molecule has 1 saturated heterocycles. The largest absolute Gasteiger partial charge is 0.465 e. The number of carbonyl (C=O) groups excluding carboxylic acids is 6. The fourth-order valence-corrected chi connectivity index (χ4v) is 3.38. The molecule has 1 heterocycles. The van der Waals surface area contributed by atoms with E-state index >= 15 is 0 Å². The van der Waals surface area contributed by atoms with E-state index in [1.54, 1.807) is 0 Å². The molecule has 1 atom stereocenters. The molecule has 1 aliphatic rings. The third-order valence-electron chi connectivity index (χ3n) is 4.78. The Morgan fingerprint density at radius 3 is 2.42 bits per heavy atom. The lowest BCUT2D eigenvalue weighted by atomic mass is 9.86. The fourth-order valence-electron chi connectivity index (χ4n) is 2.73. The van der Waals surface area contributed by atoms with Gasteiger partial charge in [0.1, 0.15) is 26.2 Å². The van der Waals surface area contributed by atoms with Gasteiger partial charge in [-0.15, -0.1) is 0 Å². The highest BCUT2D eigenvalue weighted by Gasteiger charge is 2.39. The smallest absolute Gasteiger partial charge is 0.331 e. The van der Waals surface area contributed by atoms with Crippen LogP contribution in [0.5, 0.6) is 0 Å². The predicted molar refractivity (Wildman–Crippen MR) is 130 cm³/mol. The summed E-state index contributed by atoms with van der Waals surface area (Å²) in [5.41, 5.74) is -1.20. The van der Waals surface area contributed by atoms with Crippen LogP contribution in [0.2, 0.25) is 0 Å². The van der Waals surface area contributed by atoms with Gasteiger partial charge in [-0.3, -0.25) is 19.2 Å². The second kappa shape index (κ2) is 14.6. The second-order valence-corrected chi connectivity index (χ2v) is 10.9. The standard InChI is InChI=1S/C23H35N3O9S/c1-23(2)15-34-19(30)14-20(31)36-13-10-24-16(27)8-9-25-22(32)21(23)35-18(29)7-6-17(28)33-12-11-26(3,4)5/h6-7,21H,8-15H2,1-5H3,(H-,24,25,27,32)/p+1/b7-6+/t21-/m0/s1. The number of hydrogen-bond acceptors (Lipinski definition) is 10. The number of cyclic esters (lactones) is 1. The summed E-state index contributed by atoms with van der Waals surface area (Å²) in [4.78, 5) is 72.9. The molecular formula is C23H36N3O9S+. The first kappa shape index (κ1) is 31.1. The summed E-state index contributed by atoms with van der Waals surface area (Å²) in [5.74, 6) is -3.28. The van der Waals surface area contributed by atoms with Crippen molar-refractivity contribution in [2.75, 3.05) is 59.7 Å². The van der Waals surface area contributed by atoms with E-state index in [0.717, 1.165) is 23.9 Å². The number of nitrogens with zero attached hydrogens (tertiary/aromatic N) is 1. The molecule has 0 aromatic carbocycles. The van der Waals surface area contributed by atoms with Gasteiger partial charge in [-0.05, 0) is 0 Å². The number of hydrogen-bond donors (Lipinski definition) is 2. The van der Waals surface area contributed by atoms with Crippen LogP contribution in [0.3, 0.4) is 0 Å². The zero-order chi connectivity index (χ0) is 27.4. The summed E-state index contributed by atoms with van der Waals surface area (Å²) >= 11 is 0.901. The first-order valence-electron chi connectivity index (χ1n) is 11.4. The lowest BCUT2D eigenvalue weighted by molar-refractivity contribution is -0.870. The molecule has 0 spiro atoms. The molecule has 0 radical (unpaired) electrons. The maximum atomic E-state index is 12.8. The van der Waals surface area contributed by atoms with E-state index < -0.39 is 46.9 Å². The summed E-state index contributed by atoms with van der Waals surface area (Å²) in [6.07, 6.45) is -0.209. The van der Waals surface area contributed by atoms with E-state index in [1.165, 1.54) is 13.8 Å². The SMILES string of the molecule is CC1(C)COC(=O)CC(=O)SCCNC(=O)CCNC(=O)[C@@H]1OC(=O)/C=C/C(=O)OCC[N+](C)(C)C. The number of thioether (sulfide) groups is 1. The minimum atomic E-state index is -1.43. The Hall–Kier alpha value is -2.93. The van der Waals surface area contributed by atoms with Crippen LogP contribution in [0.25, 0.3) is 0 Å². The van der Waals surface area contributed by atoms with E-state index in [9.17, 15) is 28.8 Å². The normalized spacial score (nSPS) is 20.8. The van der Waals surface area contributed by atoms with Crippen LogP contribution >= 0.6 is 11.8 Å². The average molecular weight is 531 g/mol. The predicted octanol–water partition coefficient (Wildman–Crippen LogP) is -0.441. The molecule has 2 amide bonds. The molecule has 1 rings (SSSR count). The van der Waals surface area contributed by atoms with Crippen molar-refractivity contribution in [3.63, 3.8) is 0 Å². The van der Waals surface area contributed by atoms with Crippen molar-refractivity contribution in [1.82, 2.24) is 10.6 Å². The number of ether oxygens (including phenoxy) is 3. The topological polar surface area (TPSA) is 154 Å². The van der Waals surface area contributed by atoms with E-state index in [2.05, 4.69) is 10.6 Å². The van der Waals surface area contributed by atoms with Crippen LogP contribution in [0.15, 0.2) is 12.2 Å².